The summed E-state index contributed by atoms with van der Waals surface area (Å²) in [5.74, 6) is 0. The Kier molecular flexibility index (Phi) is 4.06. The molecule has 0 heterocycles. The summed E-state index contributed by atoms with van der Waals surface area (Å²) in [5.41, 5.74) is 14.2. The van der Waals surface area contributed by atoms with Gasteiger partial charge in [0, 0.05) is 6.04 Å². The minimum atomic E-state index is 0.0717. The largest absolute Gasteiger partial charge is 0.324 e. The van der Waals surface area contributed by atoms with E-state index in [9.17, 15) is 0 Å². The van der Waals surface area contributed by atoms with Crippen LogP contribution in [0.1, 0.15) is 39.4 Å². The van der Waals surface area contributed by atoms with Crippen molar-refractivity contribution in [2.24, 2.45) is 5.73 Å². The van der Waals surface area contributed by atoms with Crippen LogP contribution >= 0.6 is 0 Å². The van der Waals surface area contributed by atoms with E-state index in [1.54, 1.807) is 0 Å². The molecule has 2 aromatic rings. The maximum atomic E-state index is 6.43. The van der Waals surface area contributed by atoms with E-state index < -0.39 is 0 Å². The summed E-state index contributed by atoms with van der Waals surface area (Å²) in [6.45, 7) is 8.56. The molecule has 19 heavy (non-hydrogen) atoms. The van der Waals surface area contributed by atoms with E-state index in [1.807, 2.05) is 0 Å². The highest BCUT2D eigenvalue weighted by atomic mass is 14.6. The zero-order valence-corrected chi connectivity index (χ0v) is 12.3. The van der Waals surface area contributed by atoms with Crippen LogP contribution < -0.4 is 5.73 Å². The smallest absolute Gasteiger partial charge is 0.0341 e. The highest BCUT2D eigenvalue weighted by molar-refractivity contribution is 5.38. The van der Waals surface area contributed by atoms with Gasteiger partial charge in [0.05, 0.1) is 0 Å². The number of rotatable bonds is 3. The average Bonchev–Trinajstić information content (AvgIpc) is 2.26. The molecule has 0 aromatic heterocycles. The van der Waals surface area contributed by atoms with Gasteiger partial charge in [-0.1, -0.05) is 47.5 Å². The Morgan fingerprint density at radius 3 is 1.95 bits per heavy atom. The van der Waals surface area contributed by atoms with Crippen molar-refractivity contribution in [3.8, 4) is 0 Å². The molecule has 100 valence electrons. The van der Waals surface area contributed by atoms with Crippen LogP contribution in [0.3, 0.4) is 0 Å². The number of hydrogen-bond acceptors (Lipinski definition) is 1. The topological polar surface area (TPSA) is 26.0 Å². The van der Waals surface area contributed by atoms with E-state index in [4.69, 9.17) is 5.73 Å². The minimum absolute atomic E-state index is 0.0717. The third-order valence-electron chi connectivity index (χ3n) is 3.65. The summed E-state index contributed by atoms with van der Waals surface area (Å²) in [7, 11) is 0. The zero-order chi connectivity index (χ0) is 14.0. The lowest BCUT2D eigenvalue weighted by Crippen LogP contribution is -2.16. The summed E-state index contributed by atoms with van der Waals surface area (Å²) in [5, 5.41) is 0. The summed E-state index contributed by atoms with van der Waals surface area (Å²) in [4.78, 5) is 0. The van der Waals surface area contributed by atoms with Crippen LogP contribution in [0.5, 0.6) is 0 Å². The van der Waals surface area contributed by atoms with Crippen LogP contribution in [0.2, 0.25) is 0 Å². The molecule has 2 rings (SSSR count). The van der Waals surface area contributed by atoms with Gasteiger partial charge in [-0.15, -0.1) is 0 Å². The van der Waals surface area contributed by atoms with E-state index in [0.717, 1.165) is 6.42 Å². The predicted octanol–water partition coefficient (Wildman–Crippen LogP) is 4.16. The number of aryl methyl sites for hydroxylation is 4. The first-order chi connectivity index (χ1) is 8.97. The Morgan fingerprint density at radius 1 is 0.895 bits per heavy atom. The highest BCUT2D eigenvalue weighted by Crippen LogP contribution is 2.24. The summed E-state index contributed by atoms with van der Waals surface area (Å²) in [6, 6.07) is 13.1. The number of hydrogen-bond donors (Lipinski definition) is 1. The van der Waals surface area contributed by atoms with Crippen LogP contribution in [0.15, 0.2) is 36.4 Å². The fourth-order valence-electron chi connectivity index (χ4n) is 2.96. The molecule has 0 radical (unpaired) electrons. The molecule has 0 aliphatic carbocycles. The van der Waals surface area contributed by atoms with Gasteiger partial charge in [-0.05, 0) is 56.4 Å². The maximum Gasteiger partial charge on any atom is 0.0341 e. The highest BCUT2D eigenvalue weighted by Gasteiger charge is 2.12. The van der Waals surface area contributed by atoms with E-state index in [1.165, 1.54) is 33.4 Å². The van der Waals surface area contributed by atoms with Gasteiger partial charge in [0.2, 0.25) is 0 Å². The van der Waals surface area contributed by atoms with Crippen molar-refractivity contribution in [3.63, 3.8) is 0 Å². The minimum Gasteiger partial charge on any atom is -0.324 e. The van der Waals surface area contributed by atoms with Gasteiger partial charge >= 0.3 is 0 Å². The first-order valence-electron chi connectivity index (χ1n) is 6.86. The summed E-state index contributed by atoms with van der Waals surface area (Å²) >= 11 is 0. The second-order valence-electron chi connectivity index (χ2n) is 5.61. The SMILES string of the molecule is Cc1cc(C)cc(CC(N)c2c(C)cccc2C)c1. The second-order valence-corrected chi connectivity index (χ2v) is 5.61. The third-order valence-corrected chi connectivity index (χ3v) is 3.65. The van der Waals surface area contributed by atoms with Crippen molar-refractivity contribution in [3.05, 3.63) is 69.8 Å². The fourth-order valence-corrected chi connectivity index (χ4v) is 2.96. The lowest BCUT2D eigenvalue weighted by molar-refractivity contribution is 0.710. The molecule has 0 aliphatic rings. The molecule has 2 aromatic carbocycles. The van der Waals surface area contributed by atoms with Crippen LogP contribution in [0.4, 0.5) is 0 Å². The van der Waals surface area contributed by atoms with Crippen molar-refractivity contribution < 1.29 is 0 Å². The van der Waals surface area contributed by atoms with E-state index in [0.29, 0.717) is 0 Å². The van der Waals surface area contributed by atoms with Gasteiger partial charge in [0.25, 0.3) is 0 Å². The molecule has 2 N–H and O–H groups in total. The molecule has 1 nitrogen and oxygen atoms in total. The Balaban J connectivity index is 2.28. The molecule has 0 spiro atoms. The van der Waals surface area contributed by atoms with Gasteiger partial charge in [-0.25, -0.2) is 0 Å². The summed E-state index contributed by atoms with van der Waals surface area (Å²) in [6.07, 6.45) is 0.897. The fraction of sp³-hybridized carbons (Fsp3) is 0.333. The average molecular weight is 253 g/mol. The van der Waals surface area contributed by atoms with E-state index >= 15 is 0 Å². The number of benzene rings is 2. The van der Waals surface area contributed by atoms with E-state index in [-0.39, 0.29) is 6.04 Å². The van der Waals surface area contributed by atoms with Crippen LogP contribution in [-0.2, 0) is 6.42 Å². The first kappa shape index (κ1) is 13.8. The lowest BCUT2D eigenvalue weighted by atomic mass is 9.91. The van der Waals surface area contributed by atoms with Crippen molar-refractivity contribution in [1.29, 1.82) is 0 Å². The van der Waals surface area contributed by atoms with Crippen LogP contribution in [-0.4, -0.2) is 0 Å². The molecular weight excluding hydrogens is 230 g/mol. The van der Waals surface area contributed by atoms with Gasteiger partial charge < -0.3 is 5.73 Å². The quantitative estimate of drug-likeness (QED) is 0.873. The number of nitrogens with two attached hydrogens (primary N) is 1. The van der Waals surface area contributed by atoms with Crippen molar-refractivity contribution in [2.45, 2.75) is 40.2 Å². The first-order valence-corrected chi connectivity index (χ1v) is 6.86. The molecule has 0 fully saturated rings. The van der Waals surface area contributed by atoms with E-state index in [2.05, 4.69) is 64.1 Å². The van der Waals surface area contributed by atoms with Crippen molar-refractivity contribution in [1.82, 2.24) is 0 Å². The lowest BCUT2D eigenvalue weighted by Gasteiger charge is -2.18. The molecule has 0 bridgehead atoms. The standard InChI is InChI=1S/C18H23N/c1-12-8-13(2)10-16(9-12)11-17(19)18-14(3)6-5-7-15(18)4/h5-10,17H,11,19H2,1-4H3. The van der Waals surface area contributed by atoms with Gasteiger partial charge in [-0.2, -0.15) is 0 Å². The van der Waals surface area contributed by atoms with Gasteiger partial charge in [-0.3, -0.25) is 0 Å². The normalized spacial score (nSPS) is 12.5. The third kappa shape index (κ3) is 3.24. The maximum absolute atomic E-state index is 6.43. The predicted molar refractivity (Wildman–Crippen MR) is 82.5 cm³/mol. The van der Waals surface area contributed by atoms with Gasteiger partial charge in [0.15, 0.2) is 0 Å². The molecule has 0 amide bonds. The Hall–Kier alpha value is -1.60. The second kappa shape index (κ2) is 5.58. The van der Waals surface area contributed by atoms with Crippen LogP contribution in [0.25, 0.3) is 0 Å². The summed E-state index contributed by atoms with van der Waals surface area (Å²) < 4.78 is 0. The Morgan fingerprint density at radius 2 is 1.42 bits per heavy atom. The molecule has 1 heteroatoms. The van der Waals surface area contributed by atoms with Crippen molar-refractivity contribution in [2.75, 3.05) is 0 Å². The van der Waals surface area contributed by atoms with Gasteiger partial charge in [0.1, 0.15) is 0 Å². The molecule has 0 aliphatic heterocycles. The van der Waals surface area contributed by atoms with Crippen molar-refractivity contribution >= 4 is 0 Å². The Labute approximate surface area is 116 Å². The molecule has 0 saturated carbocycles. The molecule has 1 atom stereocenters. The monoisotopic (exact) mass is 253 g/mol. The molecule has 1 unspecified atom stereocenters. The molecular formula is C18H23N. The van der Waals surface area contributed by atoms with Crippen LogP contribution in [0, 0.1) is 27.7 Å². The zero-order valence-electron chi connectivity index (χ0n) is 12.3. The molecule has 0 saturated heterocycles. The Bertz CT molecular complexity index is 544.